The molecule has 2 aromatic carbocycles. The zero-order valence-electron chi connectivity index (χ0n) is 15.0. The lowest BCUT2D eigenvalue weighted by atomic mass is 9.96. The third-order valence-corrected chi connectivity index (χ3v) is 4.87. The number of carboxylic acids is 1. The number of benzene rings is 2. The van der Waals surface area contributed by atoms with Crippen LogP contribution < -0.4 is 4.90 Å². The largest absolute Gasteiger partial charge is 0.507 e. The van der Waals surface area contributed by atoms with Crippen molar-refractivity contribution in [3.05, 3.63) is 65.7 Å². The van der Waals surface area contributed by atoms with Crippen LogP contribution in [0.25, 0.3) is 22.4 Å². The lowest BCUT2D eigenvalue weighted by Crippen LogP contribution is -2.38. The Labute approximate surface area is 161 Å². The van der Waals surface area contributed by atoms with E-state index in [0.717, 1.165) is 19.5 Å². The average Bonchev–Trinajstić information content (AvgIpc) is 2.66. The third-order valence-electron chi connectivity index (χ3n) is 4.87. The number of aromatic nitrogens is 1. The predicted octanol–water partition coefficient (Wildman–Crippen LogP) is 3.90. The average molecular weight is 371 g/mol. The summed E-state index contributed by atoms with van der Waals surface area (Å²) in [4.78, 5) is 18.1. The van der Waals surface area contributed by atoms with Crippen molar-refractivity contribution in [2.24, 2.45) is 0 Å². The lowest BCUT2D eigenvalue weighted by Gasteiger charge is -2.33. The molecule has 2 heterocycles. The van der Waals surface area contributed by atoms with Crippen LogP contribution in [0.1, 0.15) is 22.3 Å². The molecule has 28 heavy (non-hydrogen) atoms. The molecule has 6 heteroatoms. The minimum atomic E-state index is -1.03. The Kier molecular flexibility index (Phi) is 4.42. The second kappa shape index (κ2) is 7.05. The van der Waals surface area contributed by atoms with Gasteiger partial charge in [-0.1, -0.05) is 24.3 Å². The fraction of sp³-hybridized carbons (Fsp3) is 0.136. The highest BCUT2D eigenvalue weighted by atomic mass is 16.4. The van der Waals surface area contributed by atoms with Crippen molar-refractivity contribution >= 4 is 11.8 Å². The van der Waals surface area contributed by atoms with Crippen molar-refractivity contribution in [2.45, 2.75) is 6.42 Å². The molecule has 0 saturated carbocycles. The van der Waals surface area contributed by atoms with Gasteiger partial charge < -0.3 is 15.1 Å². The molecule has 0 atom stereocenters. The van der Waals surface area contributed by atoms with Crippen LogP contribution in [-0.4, -0.2) is 34.3 Å². The van der Waals surface area contributed by atoms with Crippen LogP contribution in [0.2, 0.25) is 0 Å². The van der Waals surface area contributed by atoms with E-state index in [9.17, 15) is 20.3 Å². The molecule has 3 aromatic rings. The molecule has 1 aromatic heterocycles. The standard InChI is InChI=1S/C22H17N3O3/c23-13-18-17(14-5-3-6-15(11-14)22(27)28)12-19(16-7-1-2-8-20(16)26)24-21(18)25-9-4-10-25/h1-3,5-8,11-12,26H,4,9-10H2,(H,27,28). The molecule has 0 unspecified atom stereocenters. The molecule has 0 amide bonds. The summed E-state index contributed by atoms with van der Waals surface area (Å²) in [7, 11) is 0. The predicted molar refractivity (Wildman–Crippen MR) is 105 cm³/mol. The molecule has 1 fully saturated rings. The number of nitrogens with zero attached hydrogens (tertiary/aromatic N) is 3. The Morgan fingerprint density at radius 2 is 1.86 bits per heavy atom. The summed E-state index contributed by atoms with van der Waals surface area (Å²) >= 11 is 0. The first kappa shape index (κ1) is 17.6. The van der Waals surface area contributed by atoms with Crippen molar-refractivity contribution in [3.63, 3.8) is 0 Å². The van der Waals surface area contributed by atoms with Gasteiger partial charge in [0, 0.05) is 24.2 Å². The van der Waals surface area contributed by atoms with E-state index in [-0.39, 0.29) is 11.3 Å². The van der Waals surface area contributed by atoms with Gasteiger partial charge in [0.15, 0.2) is 0 Å². The maximum atomic E-state index is 11.4. The van der Waals surface area contributed by atoms with Gasteiger partial charge in [0.05, 0.1) is 11.3 Å². The van der Waals surface area contributed by atoms with E-state index in [1.807, 2.05) is 11.0 Å². The van der Waals surface area contributed by atoms with Gasteiger partial charge in [-0.15, -0.1) is 0 Å². The number of phenols is 1. The summed E-state index contributed by atoms with van der Waals surface area (Å²) < 4.78 is 0. The summed E-state index contributed by atoms with van der Waals surface area (Å²) in [5.41, 5.74) is 2.87. The van der Waals surface area contributed by atoms with Crippen molar-refractivity contribution in [1.82, 2.24) is 4.98 Å². The van der Waals surface area contributed by atoms with Gasteiger partial charge in [0.25, 0.3) is 0 Å². The van der Waals surface area contributed by atoms with E-state index < -0.39 is 5.97 Å². The zero-order chi connectivity index (χ0) is 19.7. The maximum absolute atomic E-state index is 11.4. The molecule has 138 valence electrons. The maximum Gasteiger partial charge on any atom is 0.335 e. The van der Waals surface area contributed by atoms with Gasteiger partial charge in [-0.3, -0.25) is 0 Å². The minimum absolute atomic E-state index is 0.0968. The fourth-order valence-electron chi connectivity index (χ4n) is 3.27. The highest BCUT2D eigenvalue weighted by Crippen LogP contribution is 2.37. The molecular weight excluding hydrogens is 354 g/mol. The van der Waals surface area contributed by atoms with Crippen LogP contribution in [0.3, 0.4) is 0 Å². The van der Waals surface area contributed by atoms with Crippen LogP contribution >= 0.6 is 0 Å². The number of nitriles is 1. The smallest absolute Gasteiger partial charge is 0.335 e. The summed E-state index contributed by atoms with van der Waals surface area (Å²) in [6.07, 6.45) is 1.02. The number of hydrogen-bond donors (Lipinski definition) is 2. The van der Waals surface area contributed by atoms with Crippen LogP contribution in [0.15, 0.2) is 54.6 Å². The van der Waals surface area contributed by atoms with Crippen molar-refractivity contribution < 1.29 is 15.0 Å². The van der Waals surface area contributed by atoms with Crippen LogP contribution in [0.5, 0.6) is 5.75 Å². The van der Waals surface area contributed by atoms with Gasteiger partial charge in [-0.05, 0) is 42.3 Å². The van der Waals surface area contributed by atoms with Gasteiger partial charge >= 0.3 is 5.97 Å². The summed E-state index contributed by atoms with van der Waals surface area (Å²) in [6, 6.07) is 17.4. The SMILES string of the molecule is N#Cc1c(-c2cccc(C(=O)O)c2)cc(-c2ccccc2O)nc1N1CCC1. The highest BCUT2D eigenvalue weighted by molar-refractivity contribution is 5.91. The molecule has 0 spiro atoms. The van der Waals surface area contributed by atoms with Crippen molar-refractivity contribution in [2.75, 3.05) is 18.0 Å². The zero-order valence-corrected chi connectivity index (χ0v) is 15.0. The number of phenolic OH excluding ortho intramolecular Hbond substituents is 1. The lowest BCUT2D eigenvalue weighted by molar-refractivity contribution is 0.0697. The Hall–Kier alpha value is -3.85. The quantitative estimate of drug-likeness (QED) is 0.722. The molecule has 0 radical (unpaired) electrons. The second-order valence-electron chi connectivity index (χ2n) is 6.61. The second-order valence-corrected chi connectivity index (χ2v) is 6.61. The van der Waals surface area contributed by atoms with Gasteiger partial charge in [0.2, 0.25) is 0 Å². The molecule has 1 aliphatic heterocycles. The molecule has 0 aliphatic carbocycles. The van der Waals surface area contributed by atoms with E-state index >= 15 is 0 Å². The summed E-state index contributed by atoms with van der Waals surface area (Å²) in [6.45, 7) is 1.61. The normalized spacial score (nSPS) is 12.9. The molecular formula is C22H17N3O3. The topological polar surface area (TPSA) is 97.5 Å². The number of carboxylic acid groups (broad SMARTS) is 1. The van der Waals surface area contributed by atoms with Gasteiger partial charge in [-0.25, -0.2) is 9.78 Å². The Morgan fingerprint density at radius 3 is 2.50 bits per heavy atom. The number of para-hydroxylation sites is 1. The number of hydrogen-bond acceptors (Lipinski definition) is 5. The van der Waals surface area contributed by atoms with Gasteiger partial charge in [-0.2, -0.15) is 5.26 Å². The number of aromatic hydroxyl groups is 1. The Balaban J connectivity index is 1.98. The molecule has 1 aliphatic rings. The van der Waals surface area contributed by atoms with E-state index in [1.165, 1.54) is 6.07 Å². The van der Waals surface area contributed by atoms with Crippen LogP contribution in [0.4, 0.5) is 5.82 Å². The third kappa shape index (κ3) is 3.03. The van der Waals surface area contributed by atoms with E-state index in [2.05, 4.69) is 11.1 Å². The first-order chi connectivity index (χ1) is 13.6. The number of pyridine rings is 1. The van der Waals surface area contributed by atoms with Crippen molar-refractivity contribution in [1.29, 1.82) is 5.26 Å². The molecule has 1 saturated heterocycles. The Morgan fingerprint density at radius 1 is 1.07 bits per heavy atom. The monoisotopic (exact) mass is 371 g/mol. The summed E-state index contributed by atoms with van der Waals surface area (Å²) in [5.74, 6) is -0.372. The molecule has 0 bridgehead atoms. The fourth-order valence-corrected chi connectivity index (χ4v) is 3.27. The molecule has 4 rings (SSSR count). The highest BCUT2D eigenvalue weighted by Gasteiger charge is 2.24. The van der Waals surface area contributed by atoms with Gasteiger partial charge in [0.1, 0.15) is 23.2 Å². The molecule has 6 nitrogen and oxygen atoms in total. The first-order valence-electron chi connectivity index (χ1n) is 8.90. The number of rotatable bonds is 4. The number of aromatic carboxylic acids is 1. The van der Waals surface area contributed by atoms with Crippen molar-refractivity contribution in [3.8, 4) is 34.2 Å². The van der Waals surface area contributed by atoms with E-state index in [4.69, 9.17) is 0 Å². The van der Waals surface area contributed by atoms with Crippen LogP contribution in [0, 0.1) is 11.3 Å². The van der Waals surface area contributed by atoms with Crippen LogP contribution in [-0.2, 0) is 0 Å². The number of carbonyl (C=O) groups is 1. The molecule has 2 N–H and O–H groups in total. The number of anilines is 1. The minimum Gasteiger partial charge on any atom is -0.507 e. The van der Waals surface area contributed by atoms with E-state index in [1.54, 1.807) is 42.5 Å². The first-order valence-corrected chi connectivity index (χ1v) is 8.90. The Bertz CT molecular complexity index is 1110. The van der Waals surface area contributed by atoms with E-state index in [0.29, 0.717) is 33.8 Å². The summed E-state index contributed by atoms with van der Waals surface area (Å²) in [5, 5.41) is 29.4.